The third-order valence-electron chi connectivity index (χ3n) is 4.55. The average molecular weight is 413 g/mol. The molecular formula is C21H24N4O3S. The molecule has 1 heterocycles. The maximum absolute atomic E-state index is 12.3. The van der Waals surface area contributed by atoms with E-state index in [4.69, 9.17) is 5.73 Å². The largest absolute Gasteiger partial charge is 0.387 e. The Morgan fingerprint density at radius 3 is 2.34 bits per heavy atom. The molecule has 0 bridgehead atoms. The van der Waals surface area contributed by atoms with Crippen molar-refractivity contribution in [2.75, 3.05) is 17.6 Å². The molecule has 152 valence electrons. The van der Waals surface area contributed by atoms with E-state index in [1.165, 1.54) is 6.20 Å². The highest BCUT2D eigenvalue weighted by atomic mass is 32.2. The third-order valence-corrected chi connectivity index (χ3v) is 6.72. The van der Waals surface area contributed by atoms with E-state index in [9.17, 15) is 13.5 Å². The molecule has 0 aliphatic carbocycles. The van der Waals surface area contributed by atoms with E-state index in [-0.39, 0.29) is 17.3 Å². The van der Waals surface area contributed by atoms with Crippen molar-refractivity contribution < 1.29 is 13.5 Å². The lowest BCUT2D eigenvalue weighted by atomic mass is 10.1. The lowest BCUT2D eigenvalue weighted by Crippen LogP contribution is -2.15. The number of hydrogen-bond acceptors (Lipinski definition) is 7. The zero-order valence-electron chi connectivity index (χ0n) is 16.3. The molecule has 3 aromatic rings. The zero-order chi connectivity index (χ0) is 21.0. The van der Waals surface area contributed by atoms with Crippen LogP contribution in [0.15, 0.2) is 65.7 Å². The summed E-state index contributed by atoms with van der Waals surface area (Å²) in [5.74, 6) is 0.573. The van der Waals surface area contributed by atoms with Crippen molar-refractivity contribution in [3.63, 3.8) is 0 Å². The number of hydrogen-bond donors (Lipinski definition) is 3. The first-order valence-electron chi connectivity index (χ1n) is 9.22. The molecule has 8 heteroatoms. The SMILES string of the molecule is CC(C)S(=O)(=O)c1ccc(-c2cnc(N)c(NC[C@H](O)c3ccccc3)n2)cc1. The highest BCUT2D eigenvalue weighted by Gasteiger charge is 2.19. The van der Waals surface area contributed by atoms with Crippen molar-refractivity contribution in [1.82, 2.24) is 9.97 Å². The van der Waals surface area contributed by atoms with Crippen LogP contribution in [0.3, 0.4) is 0 Å². The van der Waals surface area contributed by atoms with Gasteiger partial charge in [-0.05, 0) is 31.5 Å². The zero-order valence-corrected chi connectivity index (χ0v) is 17.1. The second-order valence-corrected chi connectivity index (χ2v) is 9.42. The summed E-state index contributed by atoms with van der Waals surface area (Å²) in [6.45, 7) is 3.52. The Morgan fingerprint density at radius 1 is 1.07 bits per heavy atom. The maximum atomic E-state index is 12.3. The minimum Gasteiger partial charge on any atom is -0.387 e. The summed E-state index contributed by atoms with van der Waals surface area (Å²) in [6, 6.07) is 15.8. The van der Waals surface area contributed by atoms with Gasteiger partial charge in [0.1, 0.15) is 0 Å². The second-order valence-electron chi connectivity index (χ2n) is 6.91. The van der Waals surface area contributed by atoms with Crippen LogP contribution in [0.1, 0.15) is 25.5 Å². The molecule has 0 spiro atoms. The minimum absolute atomic E-state index is 0.216. The molecule has 0 saturated heterocycles. The number of nitrogens with two attached hydrogens (primary N) is 1. The number of rotatable bonds is 7. The molecule has 4 N–H and O–H groups in total. The van der Waals surface area contributed by atoms with Crippen LogP contribution >= 0.6 is 0 Å². The number of sulfone groups is 1. The summed E-state index contributed by atoms with van der Waals surface area (Å²) in [5.41, 5.74) is 7.95. The van der Waals surface area contributed by atoms with Crippen LogP contribution in [0, 0.1) is 0 Å². The van der Waals surface area contributed by atoms with Gasteiger partial charge >= 0.3 is 0 Å². The van der Waals surface area contributed by atoms with Gasteiger partial charge < -0.3 is 16.2 Å². The van der Waals surface area contributed by atoms with Crippen molar-refractivity contribution >= 4 is 21.5 Å². The van der Waals surface area contributed by atoms with E-state index in [1.807, 2.05) is 30.3 Å². The topological polar surface area (TPSA) is 118 Å². The normalized spacial score (nSPS) is 12.7. The standard InChI is InChI=1S/C21H24N4O3S/c1-14(2)29(27,28)17-10-8-15(9-11-17)18-12-23-20(22)21(25-18)24-13-19(26)16-6-4-3-5-7-16/h3-12,14,19,26H,13H2,1-2H3,(H2,22,23)(H,24,25)/t19-/m0/s1. The van der Waals surface area contributed by atoms with Gasteiger partial charge in [0.05, 0.1) is 28.1 Å². The monoisotopic (exact) mass is 412 g/mol. The van der Waals surface area contributed by atoms with Crippen molar-refractivity contribution in [2.45, 2.75) is 30.1 Å². The summed E-state index contributed by atoms with van der Waals surface area (Å²) >= 11 is 0. The van der Waals surface area contributed by atoms with Gasteiger partial charge in [0.2, 0.25) is 0 Å². The molecule has 0 aliphatic heterocycles. The fourth-order valence-corrected chi connectivity index (χ4v) is 3.80. The third kappa shape index (κ3) is 4.72. The van der Waals surface area contributed by atoms with Crippen molar-refractivity contribution in [3.05, 3.63) is 66.4 Å². The van der Waals surface area contributed by atoms with E-state index < -0.39 is 21.2 Å². The van der Waals surface area contributed by atoms with Gasteiger partial charge in [-0.2, -0.15) is 0 Å². The van der Waals surface area contributed by atoms with Crippen LogP contribution in [0.5, 0.6) is 0 Å². The lowest BCUT2D eigenvalue weighted by Gasteiger charge is -2.14. The molecule has 3 rings (SSSR count). The van der Waals surface area contributed by atoms with Crippen molar-refractivity contribution in [3.8, 4) is 11.3 Å². The van der Waals surface area contributed by atoms with Crippen LogP contribution in [0.2, 0.25) is 0 Å². The molecule has 0 fully saturated rings. The predicted molar refractivity (Wildman–Crippen MR) is 114 cm³/mol. The average Bonchev–Trinajstić information content (AvgIpc) is 2.73. The summed E-state index contributed by atoms with van der Waals surface area (Å²) in [4.78, 5) is 8.90. The molecule has 7 nitrogen and oxygen atoms in total. The number of aliphatic hydroxyl groups is 1. The number of aromatic nitrogens is 2. The van der Waals surface area contributed by atoms with Crippen molar-refractivity contribution in [1.29, 1.82) is 0 Å². The number of nitrogens with one attached hydrogen (secondary N) is 1. The van der Waals surface area contributed by atoms with E-state index in [2.05, 4.69) is 15.3 Å². The Labute approximate surface area is 170 Å². The van der Waals surface area contributed by atoms with Crippen LogP contribution in [0.4, 0.5) is 11.6 Å². The molecule has 0 unspecified atom stereocenters. The van der Waals surface area contributed by atoms with E-state index in [1.54, 1.807) is 38.1 Å². The summed E-state index contributed by atoms with van der Waals surface area (Å²) < 4.78 is 24.5. The van der Waals surface area contributed by atoms with Gasteiger partial charge in [0.25, 0.3) is 0 Å². The molecule has 0 amide bonds. The molecule has 2 aromatic carbocycles. The number of benzene rings is 2. The van der Waals surface area contributed by atoms with Gasteiger partial charge in [-0.3, -0.25) is 0 Å². The molecule has 0 saturated carbocycles. The molecular weight excluding hydrogens is 388 g/mol. The fraction of sp³-hybridized carbons (Fsp3) is 0.238. The van der Waals surface area contributed by atoms with E-state index >= 15 is 0 Å². The van der Waals surface area contributed by atoms with Gasteiger partial charge in [0, 0.05) is 12.1 Å². The maximum Gasteiger partial charge on any atom is 0.180 e. The Morgan fingerprint density at radius 2 is 1.72 bits per heavy atom. The molecule has 29 heavy (non-hydrogen) atoms. The summed E-state index contributed by atoms with van der Waals surface area (Å²) in [7, 11) is -3.33. The van der Waals surface area contributed by atoms with Crippen LogP contribution in [0.25, 0.3) is 11.3 Å². The Bertz CT molecular complexity index is 1070. The van der Waals surface area contributed by atoms with Gasteiger partial charge in [-0.15, -0.1) is 0 Å². The van der Waals surface area contributed by atoms with Crippen molar-refractivity contribution in [2.24, 2.45) is 0 Å². The molecule has 1 aromatic heterocycles. The quantitative estimate of drug-likeness (QED) is 0.546. The minimum atomic E-state index is -3.33. The van der Waals surface area contributed by atoms with Gasteiger partial charge in [0.15, 0.2) is 21.5 Å². The van der Waals surface area contributed by atoms with E-state index in [0.717, 1.165) is 5.56 Å². The highest BCUT2D eigenvalue weighted by Crippen LogP contribution is 2.24. The molecule has 0 radical (unpaired) electrons. The number of nitrogens with zero attached hydrogens (tertiary/aromatic N) is 2. The molecule has 0 aliphatic rings. The van der Waals surface area contributed by atoms with Crippen LogP contribution in [-0.4, -0.2) is 35.3 Å². The second kappa shape index (κ2) is 8.59. The van der Waals surface area contributed by atoms with Gasteiger partial charge in [-0.25, -0.2) is 18.4 Å². The smallest absolute Gasteiger partial charge is 0.180 e. The van der Waals surface area contributed by atoms with Crippen LogP contribution < -0.4 is 11.1 Å². The Kier molecular flexibility index (Phi) is 6.14. The summed E-state index contributed by atoms with van der Waals surface area (Å²) in [6.07, 6.45) is 0.807. The number of aliphatic hydroxyl groups excluding tert-OH is 1. The first-order chi connectivity index (χ1) is 13.8. The number of anilines is 2. The predicted octanol–water partition coefficient (Wildman–Crippen LogP) is 3.05. The van der Waals surface area contributed by atoms with E-state index in [0.29, 0.717) is 17.1 Å². The Hall–Kier alpha value is -2.97. The number of nitrogen functional groups attached to an aromatic ring is 1. The van der Waals surface area contributed by atoms with Crippen LogP contribution in [-0.2, 0) is 9.84 Å². The highest BCUT2D eigenvalue weighted by molar-refractivity contribution is 7.92. The molecule has 1 atom stereocenters. The first kappa shape index (κ1) is 20.8. The Balaban J connectivity index is 1.78. The fourth-order valence-electron chi connectivity index (χ4n) is 2.74. The summed E-state index contributed by atoms with van der Waals surface area (Å²) in [5, 5.41) is 12.8. The van der Waals surface area contributed by atoms with Gasteiger partial charge in [-0.1, -0.05) is 42.5 Å². The lowest BCUT2D eigenvalue weighted by molar-refractivity contribution is 0.191. The first-order valence-corrected chi connectivity index (χ1v) is 10.8.